The molecule has 0 spiro atoms. The van der Waals surface area contributed by atoms with Gasteiger partial charge in [0.15, 0.2) is 5.78 Å². The first-order chi connectivity index (χ1) is 8.24. The summed E-state index contributed by atoms with van der Waals surface area (Å²) in [5, 5.41) is 9.85. The molecule has 18 heavy (non-hydrogen) atoms. The average molecular weight is 290 g/mol. The minimum atomic E-state index is -0.808. The predicted molar refractivity (Wildman–Crippen MR) is 76.7 cm³/mol. The number of carbonyl (C=O) groups is 1. The van der Waals surface area contributed by atoms with E-state index in [0.29, 0.717) is 15.8 Å². The fourth-order valence-electron chi connectivity index (χ4n) is 1.84. The van der Waals surface area contributed by atoms with Gasteiger partial charge in [-0.25, -0.2) is 0 Å². The first kappa shape index (κ1) is 15.6. The second-order valence-corrected chi connectivity index (χ2v) is 6.73. The number of halogens is 1. The normalized spacial score (nSPS) is 13.9. The summed E-state index contributed by atoms with van der Waals surface area (Å²) in [4.78, 5) is 14.9. The maximum Gasteiger partial charge on any atom is 0.189 e. The third-order valence-electron chi connectivity index (χ3n) is 2.74. The summed E-state index contributed by atoms with van der Waals surface area (Å²) >= 11 is 7.14. The van der Waals surface area contributed by atoms with Gasteiger partial charge in [0.05, 0.1) is 20.9 Å². The van der Waals surface area contributed by atoms with Crippen molar-refractivity contribution in [1.29, 1.82) is 0 Å². The quantitative estimate of drug-likeness (QED) is 0.818. The maximum atomic E-state index is 12.3. The van der Waals surface area contributed by atoms with Crippen molar-refractivity contribution >= 4 is 28.7 Å². The summed E-state index contributed by atoms with van der Waals surface area (Å²) in [5.74, 6) is 0.0537. The highest BCUT2D eigenvalue weighted by atomic mass is 35.5. The van der Waals surface area contributed by atoms with Crippen molar-refractivity contribution in [3.63, 3.8) is 0 Å². The Kier molecular flexibility index (Phi) is 5.34. The molecule has 1 heterocycles. The van der Waals surface area contributed by atoms with Gasteiger partial charge in [-0.1, -0.05) is 18.5 Å². The SMILES string of the molecule is CCN(CC(C)(C)O)C(C)C(=O)c1ccc(Cl)s1. The summed E-state index contributed by atoms with van der Waals surface area (Å²) in [6, 6.07) is 3.23. The molecule has 0 saturated carbocycles. The van der Waals surface area contributed by atoms with Crippen molar-refractivity contribution in [3.05, 3.63) is 21.3 Å². The molecule has 1 atom stereocenters. The molecule has 1 aromatic heterocycles. The lowest BCUT2D eigenvalue weighted by Gasteiger charge is -2.31. The van der Waals surface area contributed by atoms with Gasteiger partial charge in [-0.15, -0.1) is 11.3 Å². The summed E-state index contributed by atoms with van der Waals surface area (Å²) in [7, 11) is 0. The number of Topliss-reactive ketones (excluding diaryl/α,β-unsaturated/α-hetero) is 1. The van der Waals surface area contributed by atoms with Crippen LogP contribution in [0.1, 0.15) is 37.4 Å². The molecule has 0 aromatic carbocycles. The van der Waals surface area contributed by atoms with Gasteiger partial charge in [0, 0.05) is 6.54 Å². The highest BCUT2D eigenvalue weighted by molar-refractivity contribution is 7.18. The zero-order valence-corrected chi connectivity index (χ0v) is 12.8. The van der Waals surface area contributed by atoms with E-state index in [2.05, 4.69) is 0 Å². The Morgan fingerprint density at radius 2 is 2.17 bits per heavy atom. The van der Waals surface area contributed by atoms with Gasteiger partial charge in [-0.05, 0) is 39.4 Å². The summed E-state index contributed by atoms with van der Waals surface area (Å²) < 4.78 is 0.621. The lowest BCUT2D eigenvalue weighted by Crippen LogP contribution is -2.46. The van der Waals surface area contributed by atoms with Crippen LogP contribution in [0, 0.1) is 0 Å². The van der Waals surface area contributed by atoms with Crippen LogP contribution in [0.25, 0.3) is 0 Å². The van der Waals surface area contributed by atoms with E-state index in [-0.39, 0.29) is 11.8 Å². The van der Waals surface area contributed by atoms with Crippen molar-refractivity contribution in [3.8, 4) is 0 Å². The van der Waals surface area contributed by atoms with Crippen molar-refractivity contribution in [2.75, 3.05) is 13.1 Å². The molecule has 5 heteroatoms. The van der Waals surface area contributed by atoms with E-state index in [1.54, 1.807) is 26.0 Å². The van der Waals surface area contributed by atoms with Gasteiger partial charge in [0.2, 0.25) is 0 Å². The highest BCUT2D eigenvalue weighted by Crippen LogP contribution is 2.24. The Morgan fingerprint density at radius 3 is 2.56 bits per heavy atom. The molecule has 0 radical (unpaired) electrons. The minimum absolute atomic E-state index is 0.0537. The molecule has 0 aliphatic rings. The molecule has 1 rings (SSSR count). The van der Waals surface area contributed by atoms with Crippen LogP contribution in [0.5, 0.6) is 0 Å². The van der Waals surface area contributed by atoms with E-state index in [1.165, 1.54) is 11.3 Å². The lowest BCUT2D eigenvalue weighted by molar-refractivity contribution is 0.0255. The van der Waals surface area contributed by atoms with Gasteiger partial charge >= 0.3 is 0 Å². The predicted octanol–water partition coefficient (Wildman–Crippen LogP) is 3.07. The second kappa shape index (κ2) is 6.15. The Hall–Kier alpha value is -0.420. The van der Waals surface area contributed by atoms with Crippen LogP contribution in [0.15, 0.2) is 12.1 Å². The summed E-state index contributed by atoms with van der Waals surface area (Å²) in [6.45, 7) is 8.53. The summed E-state index contributed by atoms with van der Waals surface area (Å²) in [5.41, 5.74) is -0.808. The molecule has 0 saturated heterocycles. The van der Waals surface area contributed by atoms with E-state index in [0.717, 1.165) is 6.54 Å². The number of aliphatic hydroxyl groups is 1. The standard InChI is InChI=1S/C13H20ClNO2S/c1-5-15(8-13(3,4)17)9(2)12(16)10-6-7-11(14)18-10/h6-7,9,17H,5,8H2,1-4H3. The van der Waals surface area contributed by atoms with E-state index in [4.69, 9.17) is 11.6 Å². The fraction of sp³-hybridized carbons (Fsp3) is 0.615. The third-order valence-corrected chi connectivity index (χ3v) is 3.99. The van der Waals surface area contributed by atoms with Crippen LogP contribution in [0.4, 0.5) is 0 Å². The van der Waals surface area contributed by atoms with Crippen LogP contribution in [-0.4, -0.2) is 40.5 Å². The Labute approximate surface area is 117 Å². The number of likely N-dealkylation sites (N-methyl/N-ethyl adjacent to an activating group) is 1. The van der Waals surface area contributed by atoms with Crippen LogP contribution in [-0.2, 0) is 0 Å². The lowest BCUT2D eigenvalue weighted by atomic mass is 10.1. The molecule has 1 N–H and O–H groups in total. The second-order valence-electron chi connectivity index (χ2n) is 5.02. The van der Waals surface area contributed by atoms with Gasteiger partial charge in [-0.2, -0.15) is 0 Å². The van der Waals surface area contributed by atoms with Gasteiger partial charge in [-0.3, -0.25) is 9.69 Å². The van der Waals surface area contributed by atoms with Crippen LogP contribution >= 0.6 is 22.9 Å². The number of hydrogen-bond donors (Lipinski definition) is 1. The molecular formula is C13H20ClNO2S. The molecule has 1 unspecified atom stereocenters. The first-order valence-electron chi connectivity index (χ1n) is 6.00. The number of carbonyl (C=O) groups excluding carboxylic acids is 1. The number of nitrogens with zero attached hydrogens (tertiary/aromatic N) is 1. The molecule has 3 nitrogen and oxygen atoms in total. The molecule has 102 valence electrons. The Morgan fingerprint density at radius 1 is 1.56 bits per heavy atom. The fourth-order valence-corrected chi connectivity index (χ4v) is 2.90. The monoisotopic (exact) mass is 289 g/mol. The first-order valence-corrected chi connectivity index (χ1v) is 7.20. The molecule has 1 aromatic rings. The van der Waals surface area contributed by atoms with Crippen molar-refractivity contribution in [1.82, 2.24) is 4.90 Å². The molecule has 0 bridgehead atoms. The van der Waals surface area contributed by atoms with E-state index in [9.17, 15) is 9.90 Å². The molecule has 0 aliphatic carbocycles. The van der Waals surface area contributed by atoms with Crippen molar-refractivity contribution in [2.24, 2.45) is 0 Å². The molecule has 0 amide bonds. The van der Waals surface area contributed by atoms with Crippen molar-refractivity contribution in [2.45, 2.75) is 39.3 Å². The topological polar surface area (TPSA) is 40.5 Å². The van der Waals surface area contributed by atoms with Crippen LogP contribution < -0.4 is 0 Å². The van der Waals surface area contributed by atoms with E-state index in [1.807, 2.05) is 18.7 Å². The largest absolute Gasteiger partial charge is 0.389 e. The Bertz CT molecular complexity index is 411. The van der Waals surface area contributed by atoms with Crippen LogP contribution in [0.3, 0.4) is 0 Å². The number of thiophene rings is 1. The van der Waals surface area contributed by atoms with E-state index < -0.39 is 5.60 Å². The number of rotatable bonds is 6. The minimum Gasteiger partial charge on any atom is -0.389 e. The molecule has 0 aliphatic heterocycles. The molecule has 0 fully saturated rings. The zero-order chi connectivity index (χ0) is 13.9. The third kappa shape index (κ3) is 4.35. The van der Waals surface area contributed by atoms with Crippen LogP contribution in [0.2, 0.25) is 4.34 Å². The smallest absolute Gasteiger partial charge is 0.189 e. The highest BCUT2D eigenvalue weighted by Gasteiger charge is 2.26. The maximum absolute atomic E-state index is 12.3. The summed E-state index contributed by atoms with van der Waals surface area (Å²) in [6.07, 6.45) is 0. The number of ketones is 1. The average Bonchev–Trinajstić information content (AvgIpc) is 2.69. The van der Waals surface area contributed by atoms with Gasteiger partial charge in [0.1, 0.15) is 0 Å². The number of hydrogen-bond acceptors (Lipinski definition) is 4. The van der Waals surface area contributed by atoms with Gasteiger partial charge in [0.25, 0.3) is 0 Å². The molecular weight excluding hydrogens is 270 g/mol. The zero-order valence-electron chi connectivity index (χ0n) is 11.2. The van der Waals surface area contributed by atoms with Gasteiger partial charge < -0.3 is 5.11 Å². The van der Waals surface area contributed by atoms with E-state index >= 15 is 0 Å². The van der Waals surface area contributed by atoms with Crippen molar-refractivity contribution < 1.29 is 9.90 Å². The Balaban J connectivity index is 2.78.